The first-order valence-electron chi connectivity index (χ1n) is 8.98. The highest BCUT2D eigenvalue weighted by Crippen LogP contribution is 2.59. The lowest BCUT2D eigenvalue weighted by Crippen LogP contribution is -2.51. The molecule has 1 N–H and O–H groups in total. The van der Waals surface area contributed by atoms with Gasteiger partial charge in [-0.1, -0.05) is 11.2 Å². The van der Waals surface area contributed by atoms with Gasteiger partial charge in [-0.05, 0) is 73.1 Å². The number of hydrogen-bond acceptors (Lipinski definition) is 4. The molecule has 2 aromatic heterocycles. The Kier molecular flexibility index (Phi) is 3.34. The Morgan fingerprint density at radius 3 is 2.58 bits per heavy atom. The summed E-state index contributed by atoms with van der Waals surface area (Å²) < 4.78 is 5.33. The summed E-state index contributed by atoms with van der Waals surface area (Å²) in [5.41, 5.74) is 0.744. The molecule has 4 aliphatic carbocycles. The van der Waals surface area contributed by atoms with E-state index < -0.39 is 0 Å². The van der Waals surface area contributed by atoms with Crippen LogP contribution in [0.1, 0.15) is 49.0 Å². The minimum absolute atomic E-state index is 0.0997. The second-order valence-electron chi connectivity index (χ2n) is 8.15. The molecular weight excluding hydrogens is 320 g/mol. The Labute approximate surface area is 145 Å². The fourth-order valence-electron chi connectivity index (χ4n) is 5.78. The average Bonchev–Trinajstić information content (AvgIpc) is 3.22. The smallest absolute Gasteiger partial charge is 0.273 e. The predicted octanol–water partition coefficient (Wildman–Crippen LogP) is 4.35. The number of nitrogens with one attached hydrogen (secondary N) is 1. The number of rotatable bonds is 4. The van der Waals surface area contributed by atoms with Crippen LogP contribution >= 0.6 is 11.3 Å². The minimum Gasteiger partial charge on any atom is -0.355 e. The van der Waals surface area contributed by atoms with Gasteiger partial charge in [0.15, 0.2) is 11.5 Å². The Hall–Kier alpha value is -1.62. The molecule has 0 spiro atoms. The van der Waals surface area contributed by atoms with Crippen LogP contribution in [-0.2, 0) is 0 Å². The van der Waals surface area contributed by atoms with Gasteiger partial charge in [0.25, 0.3) is 5.91 Å². The number of carbonyl (C=O) groups is 1. The van der Waals surface area contributed by atoms with Crippen molar-refractivity contribution >= 4 is 17.2 Å². The zero-order chi connectivity index (χ0) is 16.1. The summed E-state index contributed by atoms with van der Waals surface area (Å²) in [5, 5.41) is 9.10. The van der Waals surface area contributed by atoms with E-state index in [9.17, 15) is 4.79 Å². The Morgan fingerprint density at radius 2 is 1.96 bits per heavy atom. The van der Waals surface area contributed by atoms with E-state index in [4.69, 9.17) is 4.52 Å². The second kappa shape index (κ2) is 5.45. The molecular formula is C19H22N2O2S. The van der Waals surface area contributed by atoms with Gasteiger partial charge in [0.1, 0.15) is 0 Å². The van der Waals surface area contributed by atoms with Crippen molar-refractivity contribution in [2.75, 3.05) is 6.54 Å². The van der Waals surface area contributed by atoms with Crippen LogP contribution in [0.25, 0.3) is 10.6 Å². The zero-order valence-electron chi connectivity index (χ0n) is 13.7. The molecule has 4 bridgehead atoms. The van der Waals surface area contributed by atoms with Crippen molar-refractivity contribution in [2.45, 2.75) is 38.5 Å². The Morgan fingerprint density at radius 1 is 1.25 bits per heavy atom. The van der Waals surface area contributed by atoms with Crippen molar-refractivity contribution in [2.24, 2.45) is 23.2 Å². The van der Waals surface area contributed by atoms with Gasteiger partial charge in [-0.25, -0.2) is 0 Å². The quantitative estimate of drug-likeness (QED) is 0.899. The van der Waals surface area contributed by atoms with Gasteiger partial charge in [0, 0.05) is 12.6 Å². The molecule has 0 atom stereocenters. The number of carbonyl (C=O) groups excluding carboxylic acids is 1. The van der Waals surface area contributed by atoms with E-state index in [2.05, 4.69) is 10.5 Å². The molecule has 1 amide bonds. The first kappa shape index (κ1) is 14.7. The van der Waals surface area contributed by atoms with Crippen molar-refractivity contribution in [3.63, 3.8) is 0 Å². The molecule has 6 rings (SSSR count). The highest BCUT2D eigenvalue weighted by atomic mass is 32.1. The van der Waals surface area contributed by atoms with Gasteiger partial charge in [0.05, 0.1) is 4.88 Å². The van der Waals surface area contributed by atoms with Gasteiger partial charge in [-0.2, -0.15) is 0 Å². The van der Waals surface area contributed by atoms with E-state index in [-0.39, 0.29) is 5.91 Å². The molecule has 24 heavy (non-hydrogen) atoms. The highest BCUT2D eigenvalue weighted by molar-refractivity contribution is 7.13. The standard InChI is InChI=1S/C19H22N2O2S/c22-18(15-7-16(23-21-15)17-2-1-3-24-17)20-11-19-8-12-4-13(9-19)6-14(5-12)10-19/h1-3,7,12-14H,4-6,8-11H2,(H,20,22). The van der Waals surface area contributed by atoms with Gasteiger partial charge in [-0.15, -0.1) is 11.3 Å². The van der Waals surface area contributed by atoms with Gasteiger partial charge < -0.3 is 9.84 Å². The molecule has 0 aliphatic heterocycles. The zero-order valence-corrected chi connectivity index (χ0v) is 14.5. The van der Waals surface area contributed by atoms with Crippen molar-refractivity contribution in [1.82, 2.24) is 10.5 Å². The van der Waals surface area contributed by atoms with Crippen LogP contribution in [0, 0.1) is 23.2 Å². The molecule has 4 saturated carbocycles. The van der Waals surface area contributed by atoms with Crippen LogP contribution in [0.3, 0.4) is 0 Å². The van der Waals surface area contributed by atoms with Crippen molar-refractivity contribution in [1.29, 1.82) is 0 Å². The molecule has 5 heteroatoms. The highest BCUT2D eigenvalue weighted by Gasteiger charge is 2.50. The number of hydrogen-bond donors (Lipinski definition) is 1. The molecule has 2 heterocycles. The third-order valence-corrected chi connectivity index (χ3v) is 7.18. The summed E-state index contributed by atoms with van der Waals surface area (Å²) in [7, 11) is 0. The van der Waals surface area contributed by atoms with Crippen LogP contribution in [-0.4, -0.2) is 17.6 Å². The minimum atomic E-state index is -0.0997. The fraction of sp³-hybridized carbons (Fsp3) is 0.579. The topological polar surface area (TPSA) is 55.1 Å². The predicted molar refractivity (Wildman–Crippen MR) is 92.8 cm³/mol. The first-order valence-corrected chi connectivity index (χ1v) is 9.86. The lowest BCUT2D eigenvalue weighted by atomic mass is 9.49. The maximum absolute atomic E-state index is 12.5. The van der Waals surface area contributed by atoms with Crippen molar-refractivity contribution < 1.29 is 9.32 Å². The maximum atomic E-state index is 12.5. The monoisotopic (exact) mass is 342 g/mol. The summed E-state index contributed by atoms with van der Waals surface area (Å²) in [6, 6.07) is 5.69. The van der Waals surface area contributed by atoms with E-state index in [1.807, 2.05) is 17.5 Å². The van der Waals surface area contributed by atoms with E-state index in [1.54, 1.807) is 17.4 Å². The molecule has 4 nitrogen and oxygen atoms in total. The molecule has 0 unspecified atom stereocenters. The van der Waals surface area contributed by atoms with E-state index in [0.29, 0.717) is 16.9 Å². The van der Waals surface area contributed by atoms with Crippen LogP contribution in [0.4, 0.5) is 0 Å². The van der Waals surface area contributed by atoms with Crippen LogP contribution in [0.5, 0.6) is 0 Å². The molecule has 2 aromatic rings. The van der Waals surface area contributed by atoms with Crippen LogP contribution < -0.4 is 5.32 Å². The molecule has 0 radical (unpaired) electrons. The van der Waals surface area contributed by atoms with E-state index in [1.165, 1.54) is 38.5 Å². The molecule has 126 valence electrons. The SMILES string of the molecule is O=C(NCC12CC3CC(CC(C3)C1)C2)c1cc(-c2cccs2)on1. The second-order valence-corrected chi connectivity index (χ2v) is 9.10. The van der Waals surface area contributed by atoms with Crippen molar-refractivity contribution in [3.05, 3.63) is 29.3 Å². The number of nitrogens with zero attached hydrogens (tertiary/aromatic N) is 1. The molecule has 4 fully saturated rings. The summed E-state index contributed by atoms with van der Waals surface area (Å²) >= 11 is 1.59. The average molecular weight is 342 g/mol. The third kappa shape index (κ3) is 2.50. The third-order valence-electron chi connectivity index (χ3n) is 6.30. The fourth-order valence-corrected chi connectivity index (χ4v) is 6.46. The Balaban J connectivity index is 1.26. The summed E-state index contributed by atoms with van der Waals surface area (Å²) in [6.45, 7) is 0.802. The van der Waals surface area contributed by atoms with Gasteiger partial charge in [-0.3, -0.25) is 4.79 Å². The molecule has 4 aliphatic rings. The molecule has 0 saturated heterocycles. The van der Waals surface area contributed by atoms with Crippen LogP contribution in [0.15, 0.2) is 28.1 Å². The van der Waals surface area contributed by atoms with E-state index in [0.717, 1.165) is 29.2 Å². The summed E-state index contributed by atoms with van der Waals surface area (Å²) in [4.78, 5) is 13.5. The summed E-state index contributed by atoms with van der Waals surface area (Å²) in [6.07, 6.45) is 8.21. The maximum Gasteiger partial charge on any atom is 0.273 e. The lowest BCUT2D eigenvalue weighted by molar-refractivity contribution is -0.0503. The lowest BCUT2D eigenvalue weighted by Gasteiger charge is -2.56. The first-order chi connectivity index (χ1) is 11.7. The van der Waals surface area contributed by atoms with Crippen LogP contribution in [0.2, 0.25) is 0 Å². The van der Waals surface area contributed by atoms with Gasteiger partial charge in [0.2, 0.25) is 0 Å². The summed E-state index contributed by atoms with van der Waals surface area (Å²) in [5.74, 6) is 3.30. The normalized spacial score (nSPS) is 33.8. The molecule has 0 aromatic carbocycles. The van der Waals surface area contributed by atoms with Gasteiger partial charge >= 0.3 is 0 Å². The van der Waals surface area contributed by atoms with E-state index >= 15 is 0 Å². The Bertz CT molecular complexity index is 714. The number of amides is 1. The largest absolute Gasteiger partial charge is 0.355 e. The van der Waals surface area contributed by atoms with Crippen molar-refractivity contribution in [3.8, 4) is 10.6 Å². The number of thiophene rings is 1. The number of aromatic nitrogens is 1.